The number of hydrogen-bond acceptors (Lipinski definition) is 4. The largest absolute Gasteiger partial charge is 0.446 e. The molecule has 0 fully saturated rings. The number of carbonyl (C=O) groups is 1. The van der Waals surface area contributed by atoms with Crippen LogP contribution in [0.2, 0.25) is 0 Å². The average Bonchev–Trinajstić information content (AvgIpc) is 2.18. The van der Waals surface area contributed by atoms with E-state index in [1.54, 1.807) is 6.92 Å². The molecule has 0 rings (SSSR count). The van der Waals surface area contributed by atoms with Crippen LogP contribution in [-0.2, 0) is 14.3 Å². The van der Waals surface area contributed by atoms with E-state index in [9.17, 15) is 4.79 Å². The molecule has 0 aromatic rings. The summed E-state index contributed by atoms with van der Waals surface area (Å²) in [5.41, 5.74) is 0.320. The maximum atomic E-state index is 11.2. The summed E-state index contributed by atoms with van der Waals surface area (Å²) in [4.78, 5) is 13.2. The summed E-state index contributed by atoms with van der Waals surface area (Å²) >= 11 is 0. The summed E-state index contributed by atoms with van der Waals surface area (Å²) in [6.45, 7) is 16.3. The van der Waals surface area contributed by atoms with E-state index >= 15 is 0 Å². The molecule has 0 aromatic carbocycles. The van der Waals surface area contributed by atoms with Crippen molar-refractivity contribution in [2.75, 3.05) is 13.1 Å². The van der Waals surface area contributed by atoms with Crippen LogP contribution in [0.1, 0.15) is 27.7 Å². The third kappa shape index (κ3) is 4.98. The fourth-order valence-electron chi connectivity index (χ4n) is 1.22. The minimum atomic E-state index is -0.517. The molecule has 4 nitrogen and oxygen atoms in total. The van der Waals surface area contributed by atoms with Gasteiger partial charge >= 0.3 is 5.97 Å². The van der Waals surface area contributed by atoms with Gasteiger partial charge in [-0.1, -0.05) is 20.4 Å². The van der Waals surface area contributed by atoms with Crippen molar-refractivity contribution in [3.05, 3.63) is 24.7 Å². The van der Waals surface area contributed by atoms with Crippen LogP contribution in [0.4, 0.5) is 0 Å². The van der Waals surface area contributed by atoms with Crippen LogP contribution in [0, 0.1) is 0 Å². The molecule has 0 aromatic heterocycles. The first-order valence-corrected chi connectivity index (χ1v) is 5.39. The number of esters is 1. The summed E-state index contributed by atoms with van der Waals surface area (Å²) in [6, 6.07) is 0. The fraction of sp³-hybridized carbons (Fsp3) is 0.583. The van der Waals surface area contributed by atoms with Crippen LogP contribution in [0.5, 0.6) is 0 Å². The highest BCUT2D eigenvalue weighted by atomic mass is 16.7. The predicted molar refractivity (Wildman–Crippen MR) is 63.5 cm³/mol. The van der Waals surface area contributed by atoms with Crippen molar-refractivity contribution in [2.45, 2.75) is 33.9 Å². The van der Waals surface area contributed by atoms with Crippen LogP contribution < -0.4 is 0 Å². The number of rotatable bonds is 7. The second kappa shape index (κ2) is 7.06. The number of hydrogen-bond donors (Lipinski definition) is 0. The topological polar surface area (TPSA) is 38.8 Å². The van der Waals surface area contributed by atoms with E-state index in [-0.39, 0.29) is 12.2 Å². The summed E-state index contributed by atoms with van der Waals surface area (Å²) in [6.07, 6.45) is -0.166. The van der Waals surface area contributed by atoms with Gasteiger partial charge in [0.05, 0.1) is 0 Å². The van der Waals surface area contributed by atoms with Gasteiger partial charge in [0.15, 0.2) is 6.23 Å². The predicted octanol–water partition coefficient (Wildman–Crippen LogP) is 2.28. The minimum absolute atomic E-state index is 0.00685. The van der Waals surface area contributed by atoms with Crippen molar-refractivity contribution in [3.8, 4) is 0 Å². The summed E-state index contributed by atoms with van der Waals surface area (Å²) in [5.74, 6) is -0.510. The van der Waals surface area contributed by atoms with Crippen molar-refractivity contribution >= 4 is 5.97 Å². The Bertz CT molecular complexity index is 269. The number of carbonyl (C=O) groups excluding carboxylic acids is 1. The zero-order chi connectivity index (χ0) is 12.7. The van der Waals surface area contributed by atoms with Gasteiger partial charge in [-0.2, -0.15) is 0 Å². The van der Waals surface area contributed by atoms with Crippen LogP contribution in [0.3, 0.4) is 0 Å². The summed E-state index contributed by atoms with van der Waals surface area (Å²) in [7, 11) is 0. The van der Waals surface area contributed by atoms with Gasteiger partial charge in [0.25, 0.3) is 5.95 Å². The first-order chi connectivity index (χ1) is 7.42. The van der Waals surface area contributed by atoms with E-state index in [0.717, 1.165) is 13.1 Å². The Kier molecular flexibility index (Phi) is 6.49. The molecule has 0 heterocycles. The van der Waals surface area contributed by atoms with Crippen LogP contribution >= 0.6 is 0 Å². The highest BCUT2D eigenvalue weighted by Gasteiger charge is 2.14. The van der Waals surface area contributed by atoms with Crippen molar-refractivity contribution in [2.24, 2.45) is 0 Å². The molecule has 0 aliphatic heterocycles. The molecule has 0 bridgehead atoms. The van der Waals surface area contributed by atoms with Crippen molar-refractivity contribution in [1.82, 2.24) is 4.90 Å². The molecular weight excluding hydrogens is 206 g/mol. The van der Waals surface area contributed by atoms with Crippen LogP contribution in [0.15, 0.2) is 24.7 Å². The molecule has 0 N–H and O–H groups in total. The second-order valence-corrected chi connectivity index (χ2v) is 3.48. The third-order valence-electron chi connectivity index (χ3n) is 2.18. The maximum Gasteiger partial charge on any atom is 0.340 e. The minimum Gasteiger partial charge on any atom is -0.446 e. The third-order valence-corrected chi connectivity index (χ3v) is 2.18. The van der Waals surface area contributed by atoms with E-state index < -0.39 is 5.97 Å². The standard InChI is InChI=1S/C12H21NO3/c1-7-13(8-2)10(5)15-11(6)16-12(14)9(3)4/h10H,3,6-8H2,1-2,4-5H3. The first kappa shape index (κ1) is 14.7. The maximum absolute atomic E-state index is 11.2. The van der Waals surface area contributed by atoms with Gasteiger partial charge < -0.3 is 9.47 Å². The summed E-state index contributed by atoms with van der Waals surface area (Å²) < 4.78 is 10.2. The lowest BCUT2D eigenvalue weighted by Gasteiger charge is -2.26. The Hall–Kier alpha value is -1.29. The van der Waals surface area contributed by atoms with E-state index in [0.29, 0.717) is 5.57 Å². The SMILES string of the molecule is C=C(OC(=O)C(=C)C)OC(C)N(CC)CC. The molecule has 1 unspecified atom stereocenters. The summed E-state index contributed by atoms with van der Waals surface area (Å²) in [5, 5.41) is 0. The molecule has 0 spiro atoms. The molecule has 16 heavy (non-hydrogen) atoms. The van der Waals surface area contributed by atoms with Crippen molar-refractivity contribution in [1.29, 1.82) is 0 Å². The van der Waals surface area contributed by atoms with Gasteiger partial charge in [-0.3, -0.25) is 4.90 Å². The van der Waals surface area contributed by atoms with Gasteiger partial charge in [0.2, 0.25) is 0 Å². The molecule has 92 valence electrons. The Morgan fingerprint density at radius 2 is 1.81 bits per heavy atom. The Balaban J connectivity index is 4.14. The van der Waals surface area contributed by atoms with Crippen LogP contribution in [-0.4, -0.2) is 30.2 Å². The lowest BCUT2D eigenvalue weighted by Crippen LogP contribution is -2.34. The molecule has 0 radical (unpaired) electrons. The van der Waals surface area contributed by atoms with Crippen LogP contribution in [0.25, 0.3) is 0 Å². The van der Waals surface area contributed by atoms with E-state index in [2.05, 4.69) is 18.1 Å². The zero-order valence-electron chi connectivity index (χ0n) is 10.6. The molecule has 0 saturated carbocycles. The quantitative estimate of drug-likeness (QED) is 0.289. The highest BCUT2D eigenvalue weighted by molar-refractivity contribution is 5.87. The Morgan fingerprint density at radius 1 is 1.31 bits per heavy atom. The molecule has 0 amide bonds. The smallest absolute Gasteiger partial charge is 0.340 e. The second-order valence-electron chi connectivity index (χ2n) is 3.48. The molecule has 0 aliphatic rings. The lowest BCUT2D eigenvalue weighted by molar-refractivity contribution is -0.145. The first-order valence-electron chi connectivity index (χ1n) is 5.39. The monoisotopic (exact) mass is 227 g/mol. The molecule has 1 atom stereocenters. The van der Waals surface area contributed by atoms with E-state index in [4.69, 9.17) is 9.47 Å². The zero-order valence-corrected chi connectivity index (χ0v) is 10.6. The molecule has 0 aliphatic carbocycles. The lowest BCUT2D eigenvalue weighted by atomic mass is 10.4. The van der Waals surface area contributed by atoms with E-state index in [1.165, 1.54) is 0 Å². The van der Waals surface area contributed by atoms with Gasteiger partial charge in [0, 0.05) is 5.57 Å². The normalized spacial score (nSPS) is 12.1. The van der Waals surface area contributed by atoms with Gasteiger partial charge in [-0.05, 0) is 33.5 Å². The number of nitrogens with zero attached hydrogens (tertiary/aromatic N) is 1. The van der Waals surface area contributed by atoms with Gasteiger partial charge in [0.1, 0.15) is 0 Å². The molecule has 4 heteroatoms. The Morgan fingerprint density at radius 3 is 2.19 bits per heavy atom. The van der Waals surface area contributed by atoms with Crippen molar-refractivity contribution in [3.63, 3.8) is 0 Å². The molecular formula is C12H21NO3. The van der Waals surface area contributed by atoms with Gasteiger partial charge in [-0.25, -0.2) is 4.79 Å². The van der Waals surface area contributed by atoms with E-state index in [1.807, 2.05) is 20.8 Å². The molecule has 0 saturated heterocycles. The van der Waals surface area contributed by atoms with Crippen molar-refractivity contribution < 1.29 is 14.3 Å². The fourth-order valence-corrected chi connectivity index (χ4v) is 1.22. The Labute approximate surface area is 97.5 Å². The van der Waals surface area contributed by atoms with Gasteiger partial charge in [-0.15, -0.1) is 0 Å². The highest BCUT2D eigenvalue weighted by Crippen LogP contribution is 2.08. The number of ether oxygens (including phenoxy) is 2. The average molecular weight is 227 g/mol.